The van der Waals surface area contributed by atoms with Gasteiger partial charge in [0, 0.05) is 5.25 Å². The van der Waals surface area contributed by atoms with Gasteiger partial charge in [-0.1, -0.05) is 13.8 Å². The first-order valence-corrected chi connectivity index (χ1v) is 5.62. The number of hydrogen-bond acceptors (Lipinski definition) is 5. The third kappa shape index (κ3) is 3.51. The number of thioether (sulfide) groups is 1. The van der Waals surface area contributed by atoms with E-state index < -0.39 is 5.97 Å². The molecule has 15 heavy (non-hydrogen) atoms. The van der Waals surface area contributed by atoms with Crippen molar-refractivity contribution in [1.82, 2.24) is 9.97 Å². The molecule has 0 bridgehead atoms. The van der Waals surface area contributed by atoms with Gasteiger partial charge in [-0.3, -0.25) is 0 Å². The Morgan fingerprint density at radius 1 is 1.53 bits per heavy atom. The van der Waals surface area contributed by atoms with Crippen LogP contribution in [0.2, 0.25) is 0 Å². The Hall–Kier alpha value is -1.10. The summed E-state index contributed by atoms with van der Waals surface area (Å²) in [5, 5.41) is 1.33. The Bertz CT molecular complexity index is 327. The van der Waals surface area contributed by atoms with E-state index in [4.69, 9.17) is 0 Å². The Morgan fingerprint density at radius 3 is 2.73 bits per heavy atom. The molecule has 0 aliphatic rings. The van der Waals surface area contributed by atoms with E-state index >= 15 is 0 Å². The molecule has 0 amide bonds. The van der Waals surface area contributed by atoms with Gasteiger partial charge in [0.15, 0.2) is 5.69 Å². The molecule has 0 aliphatic heterocycles. The van der Waals surface area contributed by atoms with Crippen molar-refractivity contribution in [3.63, 3.8) is 0 Å². The van der Waals surface area contributed by atoms with E-state index in [2.05, 4.69) is 28.6 Å². The molecule has 0 spiro atoms. The second kappa shape index (κ2) is 5.70. The number of rotatable bonds is 4. The van der Waals surface area contributed by atoms with Crippen LogP contribution in [0.1, 0.15) is 30.8 Å². The highest BCUT2D eigenvalue weighted by molar-refractivity contribution is 7.99. The third-order valence-corrected chi connectivity index (χ3v) is 3.11. The lowest BCUT2D eigenvalue weighted by atomic mass is 10.4. The maximum absolute atomic E-state index is 11.1. The number of nitrogens with zero attached hydrogens (tertiary/aromatic N) is 2. The standard InChI is InChI=1S/C10H14N2O2S/c1-4-7(2)15-9-6-11-8(5-12-9)10(13)14-3/h5-7H,4H2,1-3H3. The summed E-state index contributed by atoms with van der Waals surface area (Å²) < 4.78 is 4.53. The highest BCUT2D eigenvalue weighted by Gasteiger charge is 2.08. The van der Waals surface area contributed by atoms with Gasteiger partial charge < -0.3 is 4.74 Å². The van der Waals surface area contributed by atoms with Crippen LogP contribution in [0.5, 0.6) is 0 Å². The van der Waals surface area contributed by atoms with Crippen LogP contribution in [0.15, 0.2) is 17.4 Å². The van der Waals surface area contributed by atoms with E-state index in [1.54, 1.807) is 18.0 Å². The summed E-state index contributed by atoms with van der Waals surface area (Å²) in [5.41, 5.74) is 0.242. The second-order valence-corrected chi connectivity index (χ2v) is 4.53. The summed E-state index contributed by atoms with van der Waals surface area (Å²) in [4.78, 5) is 19.2. The van der Waals surface area contributed by atoms with Crippen molar-refractivity contribution in [3.8, 4) is 0 Å². The van der Waals surface area contributed by atoms with Crippen LogP contribution in [-0.2, 0) is 4.74 Å². The predicted molar refractivity (Wildman–Crippen MR) is 59.0 cm³/mol. The number of aromatic nitrogens is 2. The summed E-state index contributed by atoms with van der Waals surface area (Å²) in [5.74, 6) is -0.456. The monoisotopic (exact) mass is 226 g/mol. The lowest BCUT2D eigenvalue weighted by molar-refractivity contribution is 0.0593. The largest absolute Gasteiger partial charge is 0.464 e. The van der Waals surface area contributed by atoms with Crippen molar-refractivity contribution in [2.75, 3.05) is 7.11 Å². The van der Waals surface area contributed by atoms with E-state index in [0.717, 1.165) is 11.4 Å². The van der Waals surface area contributed by atoms with Gasteiger partial charge in [-0.05, 0) is 6.42 Å². The highest BCUT2D eigenvalue weighted by atomic mass is 32.2. The quantitative estimate of drug-likeness (QED) is 0.581. The van der Waals surface area contributed by atoms with Crippen molar-refractivity contribution in [1.29, 1.82) is 0 Å². The first kappa shape index (κ1) is 12.0. The van der Waals surface area contributed by atoms with Crippen LogP contribution in [-0.4, -0.2) is 28.3 Å². The molecule has 0 fully saturated rings. The van der Waals surface area contributed by atoms with Gasteiger partial charge in [0.25, 0.3) is 0 Å². The molecular formula is C10H14N2O2S. The van der Waals surface area contributed by atoms with Crippen LogP contribution >= 0.6 is 11.8 Å². The minimum absolute atomic E-state index is 0.242. The molecule has 0 aromatic carbocycles. The molecule has 1 atom stereocenters. The Labute approximate surface area is 93.5 Å². The Morgan fingerprint density at radius 2 is 2.27 bits per heavy atom. The fraction of sp³-hybridized carbons (Fsp3) is 0.500. The minimum Gasteiger partial charge on any atom is -0.464 e. The van der Waals surface area contributed by atoms with Crippen LogP contribution in [0.3, 0.4) is 0 Å². The molecule has 0 saturated carbocycles. The molecule has 1 aromatic heterocycles. The molecule has 82 valence electrons. The molecule has 5 heteroatoms. The molecule has 0 saturated heterocycles. The van der Waals surface area contributed by atoms with E-state index in [9.17, 15) is 4.79 Å². The van der Waals surface area contributed by atoms with E-state index in [1.165, 1.54) is 13.3 Å². The molecule has 1 aromatic rings. The van der Waals surface area contributed by atoms with Gasteiger partial charge in [-0.2, -0.15) is 0 Å². The summed E-state index contributed by atoms with van der Waals surface area (Å²) in [7, 11) is 1.33. The smallest absolute Gasteiger partial charge is 0.358 e. The fourth-order valence-corrected chi connectivity index (χ4v) is 1.68. The van der Waals surface area contributed by atoms with Crippen molar-refractivity contribution < 1.29 is 9.53 Å². The summed E-state index contributed by atoms with van der Waals surface area (Å²) >= 11 is 1.65. The van der Waals surface area contributed by atoms with E-state index in [0.29, 0.717) is 5.25 Å². The van der Waals surface area contributed by atoms with Gasteiger partial charge >= 0.3 is 5.97 Å². The van der Waals surface area contributed by atoms with Gasteiger partial charge in [0.2, 0.25) is 0 Å². The second-order valence-electron chi connectivity index (χ2n) is 3.07. The SMILES string of the molecule is CCC(C)Sc1cnc(C(=O)OC)cn1. The van der Waals surface area contributed by atoms with Crippen LogP contribution < -0.4 is 0 Å². The van der Waals surface area contributed by atoms with Gasteiger partial charge in [0.1, 0.15) is 5.03 Å². The first-order valence-electron chi connectivity index (χ1n) is 4.74. The van der Waals surface area contributed by atoms with Crippen LogP contribution in [0, 0.1) is 0 Å². The first-order chi connectivity index (χ1) is 7.17. The molecule has 4 nitrogen and oxygen atoms in total. The molecular weight excluding hydrogens is 212 g/mol. The fourth-order valence-electron chi connectivity index (χ4n) is 0.876. The normalized spacial score (nSPS) is 12.2. The number of esters is 1. The van der Waals surface area contributed by atoms with E-state index in [-0.39, 0.29) is 5.69 Å². The number of hydrogen-bond donors (Lipinski definition) is 0. The molecule has 1 rings (SSSR count). The Kier molecular flexibility index (Phi) is 4.55. The zero-order valence-corrected chi connectivity index (χ0v) is 9.87. The zero-order valence-electron chi connectivity index (χ0n) is 9.06. The van der Waals surface area contributed by atoms with Crippen molar-refractivity contribution in [3.05, 3.63) is 18.1 Å². The number of carbonyl (C=O) groups excluding carboxylic acids is 1. The maximum Gasteiger partial charge on any atom is 0.358 e. The van der Waals surface area contributed by atoms with Crippen LogP contribution in [0.4, 0.5) is 0 Å². The zero-order chi connectivity index (χ0) is 11.3. The number of carbonyl (C=O) groups is 1. The molecule has 0 aliphatic carbocycles. The predicted octanol–water partition coefficient (Wildman–Crippen LogP) is 2.15. The topological polar surface area (TPSA) is 52.1 Å². The van der Waals surface area contributed by atoms with Crippen molar-refractivity contribution >= 4 is 17.7 Å². The third-order valence-electron chi connectivity index (χ3n) is 1.92. The maximum atomic E-state index is 11.1. The summed E-state index contributed by atoms with van der Waals surface area (Å²) in [6.07, 6.45) is 4.12. The number of ether oxygens (including phenoxy) is 1. The average Bonchev–Trinajstić information content (AvgIpc) is 2.29. The van der Waals surface area contributed by atoms with E-state index in [1.807, 2.05) is 0 Å². The average molecular weight is 226 g/mol. The lowest BCUT2D eigenvalue weighted by Gasteiger charge is -2.06. The van der Waals surface area contributed by atoms with Crippen molar-refractivity contribution in [2.24, 2.45) is 0 Å². The molecule has 0 radical (unpaired) electrons. The lowest BCUT2D eigenvalue weighted by Crippen LogP contribution is -2.05. The molecule has 0 N–H and O–H groups in total. The van der Waals surface area contributed by atoms with Crippen molar-refractivity contribution in [2.45, 2.75) is 30.5 Å². The van der Waals surface area contributed by atoms with Crippen LogP contribution in [0.25, 0.3) is 0 Å². The van der Waals surface area contributed by atoms with Gasteiger partial charge in [-0.15, -0.1) is 11.8 Å². The summed E-state index contributed by atoms with van der Waals surface area (Å²) in [6.45, 7) is 4.24. The van der Waals surface area contributed by atoms with Gasteiger partial charge in [-0.25, -0.2) is 14.8 Å². The summed E-state index contributed by atoms with van der Waals surface area (Å²) in [6, 6.07) is 0. The van der Waals surface area contributed by atoms with Gasteiger partial charge in [0.05, 0.1) is 19.5 Å². The highest BCUT2D eigenvalue weighted by Crippen LogP contribution is 2.21. The minimum atomic E-state index is -0.456. The molecule has 1 unspecified atom stereocenters. The number of methoxy groups -OCH3 is 1. The molecule has 1 heterocycles. The Balaban J connectivity index is 2.68.